The van der Waals surface area contributed by atoms with Gasteiger partial charge in [0.1, 0.15) is 5.82 Å². The minimum absolute atomic E-state index is 0.678. The van der Waals surface area contributed by atoms with Crippen LogP contribution in [0.3, 0.4) is 0 Å². The number of pyridine rings is 1. The van der Waals surface area contributed by atoms with Crippen molar-refractivity contribution < 1.29 is 0 Å². The van der Waals surface area contributed by atoms with Gasteiger partial charge in [0.25, 0.3) is 0 Å². The molecule has 4 unspecified atom stereocenters. The Morgan fingerprint density at radius 2 is 1.93 bits per heavy atom. The number of hydrogen-bond donors (Lipinski definition) is 1. The molecule has 29 heavy (non-hydrogen) atoms. The van der Waals surface area contributed by atoms with E-state index in [-0.39, 0.29) is 0 Å². The van der Waals surface area contributed by atoms with E-state index in [1.54, 1.807) is 5.56 Å². The van der Waals surface area contributed by atoms with Gasteiger partial charge in [-0.2, -0.15) is 0 Å². The Morgan fingerprint density at radius 3 is 2.72 bits per heavy atom. The van der Waals surface area contributed by atoms with Crippen LogP contribution < -0.4 is 5.32 Å². The number of rotatable bonds is 5. The third kappa shape index (κ3) is 3.63. The minimum atomic E-state index is 0.678. The zero-order valence-corrected chi connectivity index (χ0v) is 18.0. The summed E-state index contributed by atoms with van der Waals surface area (Å²) in [6, 6.07) is 8.61. The van der Waals surface area contributed by atoms with Crippen molar-refractivity contribution in [2.24, 2.45) is 11.8 Å². The second kappa shape index (κ2) is 7.63. The van der Waals surface area contributed by atoms with Crippen molar-refractivity contribution in [3.63, 3.8) is 0 Å². The first-order valence-corrected chi connectivity index (χ1v) is 11.6. The van der Waals surface area contributed by atoms with Crippen LogP contribution >= 0.6 is 0 Å². The Labute approximate surface area is 175 Å². The molecule has 1 N–H and O–H groups in total. The molecule has 2 heteroatoms. The topological polar surface area (TPSA) is 24.9 Å². The Kier molecular flexibility index (Phi) is 4.97. The van der Waals surface area contributed by atoms with Crippen molar-refractivity contribution in [1.29, 1.82) is 0 Å². The molecule has 5 rings (SSSR count). The molecule has 2 saturated carbocycles. The van der Waals surface area contributed by atoms with Crippen LogP contribution in [-0.4, -0.2) is 4.98 Å². The highest BCUT2D eigenvalue weighted by molar-refractivity contribution is 5.74. The monoisotopic (exact) mass is 386 g/mol. The highest BCUT2D eigenvalue weighted by atomic mass is 15.0. The number of fused-ring (bicyclic) bond motifs is 5. The Balaban J connectivity index is 1.44. The second-order valence-corrected chi connectivity index (χ2v) is 9.99. The molecule has 0 saturated heterocycles. The van der Waals surface area contributed by atoms with Gasteiger partial charge in [0.05, 0.1) is 0 Å². The number of nitrogens with zero attached hydrogens (tertiary/aromatic N) is 1. The molecular weight excluding hydrogens is 352 g/mol. The fraction of sp³-hybridized carbons (Fsp3) is 0.519. The molecule has 2 fully saturated rings. The summed E-state index contributed by atoms with van der Waals surface area (Å²) in [5.41, 5.74) is 8.21. The Hall–Kier alpha value is -2.09. The van der Waals surface area contributed by atoms with Gasteiger partial charge in [0.15, 0.2) is 0 Å². The fourth-order valence-electron chi connectivity index (χ4n) is 6.34. The van der Waals surface area contributed by atoms with E-state index in [9.17, 15) is 0 Å². The average Bonchev–Trinajstić information content (AvgIpc) is 3.31. The number of benzene rings is 1. The van der Waals surface area contributed by atoms with Gasteiger partial charge < -0.3 is 5.32 Å². The summed E-state index contributed by atoms with van der Waals surface area (Å²) in [5, 5.41) is 3.64. The van der Waals surface area contributed by atoms with Gasteiger partial charge in [-0.25, -0.2) is 4.98 Å². The molecule has 0 aliphatic heterocycles. The molecule has 0 amide bonds. The van der Waals surface area contributed by atoms with Crippen LogP contribution in [0.2, 0.25) is 0 Å². The van der Waals surface area contributed by atoms with Gasteiger partial charge >= 0.3 is 0 Å². The maximum Gasteiger partial charge on any atom is 0.134 e. The van der Waals surface area contributed by atoms with E-state index >= 15 is 0 Å². The van der Waals surface area contributed by atoms with E-state index < -0.39 is 0 Å². The standard InChI is InChI=1S/C27H34N2/c1-17-6-4-8-20(12-17)14-19(3)24-16-28-27(29-23-9-5-7-18(2)13-23)26-22-11-10-21(15-22)25(24)26/h5,7,9,13,16-17,20-22H,3-4,6,8,10-12,14-15H2,1-2H3,(H,28,29). The van der Waals surface area contributed by atoms with E-state index in [0.717, 1.165) is 29.8 Å². The van der Waals surface area contributed by atoms with Crippen LogP contribution in [0.15, 0.2) is 37.0 Å². The first kappa shape index (κ1) is 18.9. The molecular formula is C27H34N2. The Bertz CT molecular complexity index is 928. The summed E-state index contributed by atoms with van der Waals surface area (Å²) < 4.78 is 0. The molecule has 1 aromatic heterocycles. The van der Waals surface area contributed by atoms with E-state index in [1.165, 1.54) is 67.2 Å². The molecule has 2 nitrogen and oxygen atoms in total. The highest BCUT2D eigenvalue weighted by Crippen LogP contribution is 2.57. The van der Waals surface area contributed by atoms with Crippen molar-refractivity contribution in [2.45, 2.75) is 77.0 Å². The van der Waals surface area contributed by atoms with E-state index in [0.29, 0.717) is 11.8 Å². The quantitative estimate of drug-likeness (QED) is 0.568. The van der Waals surface area contributed by atoms with Gasteiger partial charge in [0, 0.05) is 17.4 Å². The number of anilines is 2. The maximum atomic E-state index is 4.95. The predicted molar refractivity (Wildman–Crippen MR) is 123 cm³/mol. The molecule has 1 heterocycles. The zero-order chi connectivity index (χ0) is 20.0. The summed E-state index contributed by atoms with van der Waals surface area (Å²) >= 11 is 0. The summed E-state index contributed by atoms with van der Waals surface area (Å²) in [4.78, 5) is 4.95. The molecule has 2 bridgehead atoms. The number of aromatic nitrogens is 1. The number of nitrogens with one attached hydrogen (secondary N) is 1. The minimum Gasteiger partial charge on any atom is -0.340 e. The smallest absolute Gasteiger partial charge is 0.134 e. The first-order chi connectivity index (χ1) is 14.1. The third-order valence-corrected chi connectivity index (χ3v) is 7.65. The lowest BCUT2D eigenvalue weighted by Crippen LogP contribution is -2.14. The van der Waals surface area contributed by atoms with Crippen LogP contribution in [0.1, 0.15) is 92.4 Å². The van der Waals surface area contributed by atoms with Crippen molar-refractivity contribution in [3.05, 3.63) is 59.3 Å². The molecule has 2 aromatic rings. The van der Waals surface area contributed by atoms with Crippen LogP contribution in [0.5, 0.6) is 0 Å². The summed E-state index contributed by atoms with van der Waals surface area (Å²) in [6.07, 6.45) is 12.8. The van der Waals surface area contributed by atoms with Crippen molar-refractivity contribution in [1.82, 2.24) is 4.98 Å². The number of aryl methyl sites for hydroxylation is 1. The molecule has 3 aliphatic rings. The van der Waals surface area contributed by atoms with Crippen LogP contribution in [0.25, 0.3) is 5.57 Å². The molecule has 3 aliphatic carbocycles. The fourth-order valence-corrected chi connectivity index (χ4v) is 6.34. The molecule has 4 atom stereocenters. The van der Waals surface area contributed by atoms with E-state index in [2.05, 4.69) is 56.2 Å². The maximum absolute atomic E-state index is 4.95. The van der Waals surface area contributed by atoms with Crippen molar-refractivity contribution in [3.8, 4) is 0 Å². The molecule has 152 valence electrons. The van der Waals surface area contributed by atoms with Crippen LogP contribution in [0, 0.1) is 18.8 Å². The lowest BCUT2D eigenvalue weighted by atomic mass is 9.77. The van der Waals surface area contributed by atoms with Crippen LogP contribution in [0.4, 0.5) is 11.5 Å². The number of allylic oxidation sites excluding steroid dienone is 1. The normalized spacial score (nSPS) is 27.7. The Morgan fingerprint density at radius 1 is 1.10 bits per heavy atom. The van der Waals surface area contributed by atoms with Crippen molar-refractivity contribution >= 4 is 17.1 Å². The SMILES string of the molecule is C=C(CC1CCCC(C)C1)c1cnc(Nc2cccc(C)c2)c2c1C1CCC2C1. The lowest BCUT2D eigenvalue weighted by molar-refractivity contribution is 0.287. The average molecular weight is 387 g/mol. The number of hydrogen-bond acceptors (Lipinski definition) is 2. The highest BCUT2D eigenvalue weighted by Gasteiger charge is 2.41. The lowest BCUT2D eigenvalue weighted by Gasteiger charge is -2.28. The van der Waals surface area contributed by atoms with Gasteiger partial charge in [0.2, 0.25) is 0 Å². The van der Waals surface area contributed by atoms with E-state index in [4.69, 9.17) is 4.98 Å². The zero-order valence-electron chi connectivity index (χ0n) is 18.0. The van der Waals surface area contributed by atoms with Gasteiger partial charge in [-0.15, -0.1) is 0 Å². The van der Waals surface area contributed by atoms with E-state index in [1.807, 2.05) is 0 Å². The first-order valence-electron chi connectivity index (χ1n) is 11.6. The van der Waals surface area contributed by atoms with Crippen molar-refractivity contribution in [2.75, 3.05) is 5.32 Å². The van der Waals surface area contributed by atoms with Gasteiger partial charge in [-0.05, 0) is 97.1 Å². The van der Waals surface area contributed by atoms with Gasteiger partial charge in [-0.1, -0.05) is 44.9 Å². The molecule has 0 radical (unpaired) electrons. The largest absolute Gasteiger partial charge is 0.340 e. The third-order valence-electron chi connectivity index (χ3n) is 7.65. The summed E-state index contributed by atoms with van der Waals surface area (Å²) in [6.45, 7) is 9.13. The second-order valence-electron chi connectivity index (χ2n) is 9.99. The van der Waals surface area contributed by atoms with Gasteiger partial charge in [-0.3, -0.25) is 0 Å². The molecule has 1 aromatic carbocycles. The molecule has 0 spiro atoms. The van der Waals surface area contributed by atoms with Crippen LogP contribution in [-0.2, 0) is 0 Å². The summed E-state index contributed by atoms with van der Waals surface area (Å²) in [5.74, 6) is 4.17. The predicted octanol–water partition coefficient (Wildman–Crippen LogP) is 7.73. The summed E-state index contributed by atoms with van der Waals surface area (Å²) in [7, 11) is 0.